The number of carbonyl (C=O) groups is 16. The fourth-order valence-corrected chi connectivity index (χ4v) is 9.45. The molecule has 3 rings (SSSR count). The van der Waals surface area contributed by atoms with Crippen molar-refractivity contribution in [1.29, 1.82) is 0 Å². The van der Waals surface area contributed by atoms with Crippen LogP contribution >= 0.6 is 0 Å². The van der Waals surface area contributed by atoms with Crippen molar-refractivity contribution in [2.24, 2.45) is 5.73 Å². The molecule has 2 aromatic carbocycles. The van der Waals surface area contributed by atoms with Crippen molar-refractivity contribution in [1.82, 2.24) is 47.9 Å². The lowest BCUT2D eigenvalue weighted by atomic mass is 10.1. The van der Waals surface area contributed by atoms with E-state index in [2.05, 4.69) is 47.9 Å². The third-order valence-electron chi connectivity index (χ3n) is 14.8. The largest absolute Gasteiger partial charge is 0.497 e. The Kier molecular flexibility index (Phi) is 42.5. The molecule has 1 aromatic heterocycles. The molecule has 40 heteroatoms. The number of carbonyl (C=O) groups excluding carboxylic acids is 10. The van der Waals surface area contributed by atoms with Gasteiger partial charge in [0.2, 0.25) is 59.1 Å². The summed E-state index contributed by atoms with van der Waals surface area (Å²) in [4.78, 5) is 198. The van der Waals surface area contributed by atoms with Crippen LogP contribution in [0.25, 0.3) is 22.3 Å². The lowest BCUT2D eigenvalue weighted by molar-refractivity contribution is -0.140. The maximum atomic E-state index is 13.6. The van der Waals surface area contributed by atoms with Crippen LogP contribution in [0.2, 0.25) is 0 Å². The molecule has 0 saturated carbocycles. The van der Waals surface area contributed by atoms with E-state index in [1.807, 2.05) is 24.3 Å². The predicted molar refractivity (Wildman–Crippen MR) is 362 cm³/mol. The van der Waals surface area contributed by atoms with Gasteiger partial charge in [0.25, 0.3) is 0 Å². The van der Waals surface area contributed by atoms with Gasteiger partial charge in [-0.2, -0.15) is 0 Å². The summed E-state index contributed by atoms with van der Waals surface area (Å²) in [6, 6.07) is 5.50. The summed E-state index contributed by atoms with van der Waals surface area (Å²) in [5.74, 6) is -15.4. The number of primary amides is 1. The highest BCUT2D eigenvalue weighted by molar-refractivity contribution is 5.95. The quantitative estimate of drug-likeness (QED) is 0.0252. The monoisotopic (exact) mass is 1500 g/mol. The second-order valence-corrected chi connectivity index (χ2v) is 23.2. The third kappa shape index (κ3) is 39.1. The van der Waals surface area contributed by atoms with Gasteiger partial charge < -0.3 is 122 Å². The zero-order valence-electron chi connectivity index (χ0n) is 58.1. The third-order valence-corrected chi connectivity index (χ3v) is 14.8. The van der Waals surface area contributed by atoms with Crippen LogP contribution in [0.3, 0.4) is 0 Å². The molecular weight excluding hydrogens is 1410 g/mol. The number of methoxy groups -OCH3 is 1. The second kappa shape index (κ2) is 50.5. The molecule has 0 bridgehead atoms. The van der Waals surface area contributed by atoms with Crippen molar-refractivity contribution in [3.05, 3.63) is 54.1 Å². The van der Waals surface area contributed by atoms with Crippen molar-refractivity contribution in [2.75, 3.05) is 106 Å². The molecule has 0 saturated heterocycles. The van der Waals surface area contributed by atoms with Crippen LogP contribution in [0.5, 0.6) is 5.75 Å². The first kappa shape index (κ1) is 89.3. The molecule has 586 valence electrons. The summed E-state index contributed by atoms with van der Waals surface area (Å²) in [7, 11) is 1.56. The molecule has 0 unspecified atom stereocenters. The van der Waals surface area contributed by atoms with Crippen molar-refractivity contribution in [3.8, 4) is 17.1 Å². The zero-order chi connectivity index (χ0) is 78.3. The van der Waals surface area contributed by atoms with Crippen LogP contribution in [0, 0.1) is 0 Å². The van der Waals surface area contributed by atoms with Gasteiger partial charge in [-0.05, 0) is 93.0 Å². The van der Waals surface area contributed by atoms with Crippen LogP contribution in [0.4, 0.5) is 0 Å². The Morgan fingerprint density at radius 2 is 0.708 bits per heavy atom. The number of nitrogens with two attached hydrogens (primary N) is 1. The summed E-state index contributed by atoms with van der Waals surface area (Å²) in [5.41, 5.74) is 7.14. The first-order valence-corrected chi connectivity index (χ1v) is 33.4. The van der Waals surface area contributed by atoms with E-state index < -0.39 is 209 Å². The summed E-state index contributed by atoms with van der Waals surface area (Å²) < 4.78 is 42.8. The number of nitrogens with one attached hydrogen (secondary N) is 9. The standard InChI is InChI=1S/C66H92N10O30/c1-99-42-6-4-40(5-7-42)50-35-41-34-39(2-14-49(41)106-50)3-15-52(78)71-46(11-19-58(87)88)64(96)74-43(8-16-55(81)82)61(93)69-23-26-101-29-32-104-37-54(80)73-48(13-21-60(91)92)66(98)76-45(10-18-57(85)86)63(95)70-24-27-102-30-33-105-38-53(79)72-47(12-20-59(89)90)65(97)75-44(9-17-56(83)84)62(94)68-22-25-100-28-31-103-36-51(67)77/h2,4-7,14,34-35,43-48H,3,8-13,15-33,36-38H2,1H3,(H2,67,77)(H,68,94)(H,69,93)(H,70,95)(H,71,78)(H,72,79)(H,73,80)(H,74,96)(H,75,97)(H,76,98)(H,81,82)(H,83,84)(H,85,86)(H,87,88)(H,89,90)(H,91,92)/t43-,44-,45-,46-,47-,48-/m0/s1. The maximum Gasteiger partial charge on any atom is 0.303 e. The number of aryl methyl sites for hydroxylation is 1. The average Bonchev–Trinajstić information content (AvgIpc) is 1.67. The minimum Gasteiger partial charge on any atom is -0.497 e. The summed E-state index contributed by atoms with van der Waals surface area (Å²) in [5, 5.41) is 78.3. The molecule has 0 aliphatic carbocycles. The Morgan fingerprint density at radius 1 is 0.377 bits per heavy atom. The Morgan fingerprint density at radius 3 is 1.05 bits per heavy atom. The van der Waals surface area contributed by atoms with E-state index in [-0.39, 0.29) is 111 Å². The number of amides is 10. The Labute approximate surface area is 605 Å². The number of carboxylic acids is 6. The molecule has 40 nitrogen and oxygen atoms in total. The highest BCUT2D eigenvalue weighted by Crippen LogP contribution is 2.30. The molecule has 1 heterocycles. The van der Waals surface area contributed by atoms with E-state index in [0.29, 0.717) is 17.1 Å². The van der Waals surface area contributed by atoms with E-state index in [1.54, 1.807) is 31.4 Å². The molecule has 0 aliphatic heterocycles. The highest BCUT2D eigenvalue weighted by Gasteiger charge is 2.32. The van der Waals surface area contributed by atoms with Crippen molar-refractivity contribution in [3.63, 3.8) is 0 Å². The molecule has 3 aromatic rings. The van der Waals surface area contributed by atoms with Gasteiger partial charge >= 0.3 is 35.8 Å². The number of rotatable bonds is 59. The molecule has 10 amide bonds. The van der Waals surface area contributed by atoms with Crippen LogP contribution in [0.15, 0.2) is 52.9 Å². The van der Waals surface area contributed by atoms with Crippen LogP contribution in [-0.4, -0.2) is 268 Å². The zero-order valence-corrected chi connectivity index (χ0v) is 58.1. The number of benzene rings is 2. The molecule has 0 fully saturated rings. The van der Waals surface area contributed by atoms with E-state index in [1.165, 1.54) is 0 Å². The van der Waals surface area contributed by atoms with Gasteiger partial charge in [-0.15, -0.1) is 0 Å². The van der Waals surface area contributed by atoms with Gasteiger partial charge in [0, 0.05) is 75.5 Å². The molecule has 17 N–H and O–H groups in total. The van der Waals surface area contributed by atoms with Gasteiger partial charge in [-0.25, -0.2) is 0 Å². The van der Waals surface area contributed by atoms with E-state index in [9.17, 15) is 107 Å². The Balaban J connectivity index is 1.44. The smallest absolute Gasteiger partial charge is 0.303 e. The minimum absolute atomic E-state index is 0.0211. The van der Waals surface area contributed by atoms with Gasteiger partial charge in [-0.3, -0.25) is 76.7 Å². The number of aliphatic carboxylic acids is 6. The summed E-state index contributed by atoms with van der Waals surface area (Å²) in [6.07, 6.45) is -6.04. The molecule has 6 atom stereocenters. The van der Waals surface area contributed by atoms with E-state index in [4.69, 9.17) is 43.3 Å². The number of hydrogen-bond donors (Lipinski definition) is 16. The van der Waals surface area contributed by atoms with Crippen LogP contribution in [0.1, 0.15) is 89.0 Å². The van der Waals surface area contributed by atoms with Crippen LogP contribution < -0.4 is 58.3 Å². The Bertz CT molecular complexity index is 3420. The van der Waals surface area contributed by atoms with Crippen molar-refractivity contribution >= 4 is 106 Å². The lowest BCUT2D eigenvalue weighted by Gasteiger charge is -2.23. The first-order chi connectivity index (χ1) is 50.5. The summed E-state index contributed by atoms with van der Waals surface area (Å²) in [6.45, 7) is -3.49. The maximum absolute atomic E-state index is 13.6. The molecule has 106 heavy (non-hydrogen) atoms. The average molecular weight is 1510 g/mol. The van der Waals surface area contributed by atoms with Gasteiger partial charge in [0.15, 0.2) is 0 Å². The molecule has 0 aliphatic rings. The van der Waals surface area contributed by atoms with Crippen molar-refractivity contribution in [2.45, 2.75) is 126 Å². The first-order valence-electron chi connectivity index (χ1n) is 33.4. The minimum atomic E-state index is -1.58. The fourth-order valence-electron chi connectivity index (χ4n) is 9.45. The fraction of sp³-hybridized carbons (Fsp3) is 0.545. The normalized spacial score (nSPS) is 12.7. The van der Waals surface area contributed by atoms with Gasteiger partial charge in [0.1, 0.15) is 73.2 Å². The number of ether oxygens (including phenoxy) is 7. The van der Waals surface area contributed by atoms with E-state index in [0.717, 1.165) is 16.5 Å². The summed E-state index contributed by atoms with van der Waals surface area (Å²) >= 11 is 0. The highest BCUT2D eigenvalue weighted by atomic mass is 16.5. The molecule has 0 spiro atoms. The van der Waals surface area contributed by atoms with Gasteiger partial charge in [-0.1, -0.05) is 6.07 Å². The van der Waals surface area contributed by atoms with Gasteiger partial charge in [0.05, 0.1) is 66.6 Å². The topological polar surface area (TPSA) is 607 Å². The van der Waals surface area contributed by atoms with Crippen molar-refractivity contribution < 1.29 is 145 Å². The molecule has 0 radical (unpaired) electrons. The van der Waals surface area contributed by atoms with Crippen LogP contribution in [-0.2, 0) is 112 Å². The Hall–Kier alpha value is -10.9. The number of furan rings is 1. The molecular formula is C66H92N10O30. The SMILES string of the molecule is COc1ccc(-c2cc3cc(CCC(=O)N[C@@H](CCC(=O)O)C(=O)N[C@@H](CCC(=O)O)C(=O)NCCOCCOCC(=O)N[C@@H](CCC(=O)O)C(=O)N[C@@H](CCC(=O)O)C(=O)NCCOCCOCC(=O)N[C@@H](CCC(=O)O)C(=O)N[C@@H](CCC(=O)O)C(=O)NCCOCCOCC(N)=O)ccc3o2)cc1. The lowest BCUT2D eigenvalue weighted by Crippen LogP contribution is -2.54. The second-order valence-electron chi connectivity index (χ2n) is 23.2. The number of hydrogen-bond acceptors (Lipinski definition) is 24. The predicted octanol–water partition coefficient (Wildman–Crippen LogP) is -2.93. The van der Waals surface area contributed by atoms with E-state index >= 15 is 0 Å². The number of carboxylic acid groups (broad SMARTS) is 6. The number of fused-ring (bicyclic) bond motifs is 1.